The maximum absolute atomic E-state index is 14.1. The molecular formula is C13H17FN4. The first kappa shape index (κ1) is 12.7. The maximum Gasteiger partial charge on any atom is 0.131 e. The van der Waals surface area contributed by atoms with Crippen molar-refractivity contribution in [3.63, 3.8) is 0 Å². The minimum absolute atomic E-state index is 0.232. The van der Waals surface area contributed by atoms with E-state index >= 15 is 0 Å². The van der Waals surface area contributed by atoms with Gasteiger partial charge in [0, 0.05) is 18.3 Å². The molecule has 18 heavy (non-hydrogen) atoms. The number of benzene rings is 1. The summed E-state index contributed by atoms with van der Waals surface area (Å²) in [5.74, 6) is 5.35. The van der Waals surface area contributed by atoms with Crippen molar-refractivity contribution in [2.24, 2.45) is 5.84 Å². The largest absolute Gasteiger partial charge is 0.271 e. The van der Waals surface area contributed by atoms with Gasteiger partial charge >= 0.3 is 0 Å². The van der Waals surface area contributed by atoms with Crippen molar-refractivity contribution in [3.8, 4) is 0 Å². The maximum atomic E-state index is 14.1. The van der Waals surface area contributed by atoms with E-state index in [-0.39, 0.29) is 5.82 Å². The molecule has 1 aromatic heterocycles. The first-order valence-corrected chi connectivity index (χ1v) is 5.91. The second-order valence-corrected chi connectivity index (χ2v) is 4.15. The lowest BCUT2D eigenvalue weighted by Crippen LogP contribution is -2.31. The quantitative estimate of drug-likeness (QED) is 0.642. The van der Waals surface area contributed by atoms with Gasteiger partial charge in [0.2, 0.25) is 0 Å². The van der Waals surface area contributed by atoms with E-state index in [1.54, 1.807) is 29.9 Å². The highest BCUT2D eigenvalue weighted by Crippen LogP contribution is 2.25. The minimum atomic E-state index is -0.396. The Morgan fingerprint density at radius 2 is 2.22 bits per heavy atom. The lowest BCUT2D eigenvalue weighted by atomic mass is 10.0. The Bertz CT molecular complexity index is 536. The van der Waals surface area contributed by atoms with Crippen LogP contribution in [0.1, 0.15) is 29.8 Å². The Labute approximate surface area is 106 Å². The second kappa shape index (κ2) is 5.29. The van der Waals surface area contributed by atoms with Crippen LogP contribution >= 0.6 is 0 Å². The van der Waals surface area contributed by atoms with Gasteiger partial charge in [0.15, 0.2) is 0 Å². The van der Waals surface area contributed by atoms with E-state index in [1.807, 2.05) is 19.1 Å². The molecule has 0 aliphatic carbocycles. The first-order chi connectivity index (χ1) is 8.69. The molecule has 5 heteroatoms. The highest BCUT2D eigenvalue weighted by molar-refractivity contribution is 5.32. The van der Waals surface area contributed by atoms with Crippen LogP contribution in [0.3, 0.4) is 0 Å². The van der Waals surface area contributed by atoms with Crippen LogP contribution < -0.4 is 11.3 Å². The molecule has 4 nitrogen and oxygen atoms in total. The number of nitrogens with one attached hydrogen (secondary N) is 1. The van der Waals surface area contributed by atoms with Crippen molar-refractivity contribution < 1.29 is 4.39 Å². The fourth-order valence-electron chi connectivity index (χ4n) is 2.08. The van der Waals surface area contributed by atoms with Crippen LogP contribution in [-0.4, -0.2) is 9.78 Å². The van der Waals surface area contributed by atoms with Gasteiger partial charge in [-0.3, -0.25) is 10.5 Å². The minimum Gasteiger partial charge on any atom is -0.271 e. The van der Waals surface area contributed by atoms with Crippen LogP contribution in [0.4, 0.5) is 4.39 Å². The summed E-state index contributed by atoms with van der Waals surface area (Å²) in [6.45, 7) is 4.44. The third-order valence-electron chi connectivity index (χ3n) is 3.04. The van der Waals surface area contributed by atoms with Crippen LogP contribution in [0, 0.1) is 12.7 Å². The molecule has 0 bridgehead atoms. The van der Waals surface area contributed by atoms with Crippen LogP contribution in [0.2, 0.25) is 0 Å². The SMILES string of the molecule is CCn1nccc1C(NN)c1cccc(C)c1F. The smallest absolute Gasteiger partial charge is 0.131 e. The summed E-state index contributed by atoms with van der Waals surface area (Å²) >= 11 is 0. The number of rotatable bonds is 4. The van der Waals surface area contributed by atoms with Gasteiger partial charge in [0.1, 0.15) is 5.82 Å². The monoisotopic (exact) mass is 248 g/mol. The van der Waals surface area contributed by atoms with Crippen LogP contribution in [-0.2, 0) is 6.54 Å². The number of halogens is 1. The van der Waals surface area contributed by atoms with Crippen molar-refractivity contribution in [2.75, 3.05) is 0 Å². The number of aryl methyl sites for hydroxylation is 2. The average Bonchev–Trinajstić information content (AvgIpc) is 2.83. The first-order valence-electron chi connectivity index (χ1n) is 5.91. The van der Waals surface area contributed by atoms with E-state index in [9.17, 15) is 4.39 Å². The molecule has 0 amide bonds. The predicted octanol–water partition coefficient (Wildman–Crippen LogP) is 1.90. The van der Waals surface area contributed by atoms with Gasteiger partial charge in [-0.15, -0.1) is 0 Å². The van der Waals surface area contributed by atoms with Crippen LogP contribution in [0.5, 0.6) is 0 Å². The highest BCUT2D eigenvalue weighted by atomic mass is 19.1. The third-order valence-corrected chi connectivity index (χ3v) is 3.04. The van der Waals surface area contributed by atoms with Crippen molar-refractivity contribution >= 4 is 0 Å². The molecule has 1 atom stereocenters. The van der Waals surface area contributed by atoms with Gasteiger partial charge in [-0.2, -0.15) is 5.10 Å². The molecule has 0 aliphatic rings. The van der Waals surface area contributed by atoms with E-state index in [4.69, 9.17) is 5.84 Å². The Hall–Kier alpha value is -1.72. The summed E-state index contributed by atoms with van der Waals surface area (Å²) in [7, 11) is 0. The summed E-state index contributed by atoms with van der Waals surface area (Å²) in [4.78, 5) is 0. The molecule has 1 unspecified atom stereocenters. The van der Waals surface area contributed by atoms with Gasteiger partial charge in [-0.05, 0) is 25.5 Å². The summed E-state index contributed by atoms with van der Waals surface area (Å²) < 4.78 is 15.9. The molecule has 1 heterocycles. The molecule has 3 N–H and O–H groups in total. The van der Waals surface area contributed by atoms with Gasteiger partial charge < -0.3 is 0 Å². The van der Waals surface area contributed by atoms with Crippen molar-refractivity contribution in [1.82, 2.24) is 15.2 Å². The van der Waals surface area contributed by atoms with Crippen molar-refractivity contribution in [1.29, 1.82) is 0 Å². The van der Waals surface area contributed by atoms with Gasteiger partial charge in [0.25, 0.3) is 0 Å². The van der Waals surface area contributed by atoms with Crippen molar-refractivity contribution in [2.45, 2.75) is 26.4 Å². The normalized spacial score (nSPS) is 12.7. The fourth-order valence-corrected chi connectivity index (χ4v) is 2.08. The average molecular weight is 248 g/mol. The highest BCUT2D eigenvalue weighted by Gasteiger charge is 2.20. The van der Waals surface area contributed by atoms with Crippen LogP contribution in [0.25, 0.3) is 0 Å². The van der Waals surface area contributed by atoms with E-state index in [2.05, 4.69) is 10.5 Å². The van der Waals surface area contributed by atoms with E-state index < -0.39 is 6.04 Å². The topological polar surface area (TPSA) is 55.9 Å². The Morgan fingerprint density at radius 1 is 1.44 bits per heavy atom. The second-order valence-electron chi connectivity index (χ2n) is 4.15. The number of aromatic nitrogens is 2. The molecule has 96 valence electrons. The number of hydrogen-bond donors (Lipinski definition) is 2. The summed E-state index contributed by atoms with van der Waals surface area (Å²) in [6, 6.07) is 6.75. The standard InChI is InChI=1S/C13H17FN4/c1-3-18-11(7-8-16-18)13(17-15)10-6-4-5-9(2)12(10)14/h4-8,13,17H,3,15H2,1-2H3. The molecule has 0 aliphatic heterocycles. The van der Waals surface area contributed by atoms with E-state index in [1.165, 1.54) is 0 Å². The summed E-state index contributed by atoms with van der Waals surface area (Å²) in [6.07, 6.45) is 1.69. The van der Waals surface area contributed by atoms with Gasteiger partial charge in [0.05, 0.1) is 11.7 Å². The lowest BCUT2D eigenvalue weighted by Gasteiger charge is -2.19. The molecular weight excluding hydrogens is 231 g/mol. The van der Waals surface area contributed by atoms with E-state index in [0.29, 0.717) is 17.7 Å². The summed E-state index contributed by atoms with van der Waals surface area (Å²) in [5, 5.41) is 4.18. The van der Waals surface area contributed by atoms with Crippen LogP contribution in [0.15, 0.2) is 30.5 Å². The summed E-state index contributed by atoms with van der Waals surface area (Å²) in [5.41, 5.74) is 4.66. The predicted molar refractivity (Wildman–Crippen MR) is 68.2 cm³/mol. The Balaban J connectivity index is 2.49. The van der Waals surface area contributed by atoms with Gasteiger partial charge in [-0.1, -0.05) is 18.2 Å². The Kier molecular flexibility index (Phi) is 3.74. The third kappa shape index (κ3) is 2.14. The molecule has 0 saturated carbocycles. The van der Waals surface area contributed by atoms with E-state index in [0.717, 1.165) is 5.69 Å². The van der Waals surface area contributed by atoms with Crippen molar-refractivity contribution in [3.05, 3.63) is 53.1 Å². The zero-order chi connectivity index (χ0) is 13.1. The number of nitrogens with two attached hydrogens (primary N) is 1. The molecule has 0 radical (unpaired) electrons. The van der Waals surface area contributed by atoms with Gasteiger partial charge in [-0.25, -0.2) is 9.82 Å². The molecule has 0 saturated heterocycles. The zero-order valence-electron chi connectivity index (χ0n) is 10.5. The Morgan fingerprint density at radius 3 is 2.89 bits per heavy atom. The molecule has 1 aromatic carbocycles. The fraction of sp³-hybridized carbons (Fsp3) is 0.308. The molecule has 0 fully saturated rings. The lowest BCUT2D eigenvalue weighted by molar-refractivity contribution is 0.513. The zero-order valence-corrected chi connectivity index (χ0v) is 10.5. The molecule has 2 rings (SSSR count). The molecule has 2 aromatic rings. The number of hydrazine groups is 1. The number of hydrogen-bond acceptors (Lipinski definition) is 3. The molecule has 0 spiro atoms. The number of nitrogens with zero attached hydrogens (tertiary/aromatic N) is 2.